The van der Waals surface area contributed by atoms with Crippen LogP contribution >= 0.6 is 0 Å². The second-order valence-electron chi connectivity index (χ2n) is 3.67. The number of rotatable bonds is 6. The smallest absolute Gasteiger partial charge is 0.0866 e. The van der Waals surface area contributed by atoms with Crippen molar-refractivity contribution in [3.05, 3.63) is 35.9 Å². The maximum absolute atomic E-state index is 8.67. The van der Waals surface area contributed by atoms with Gasteiger partial charge in [0.2, 0.25) is 0 Å². The van der Waals surface area contributed by atoms with Crippen LogP contribution in [0.15, 0.2) is 30.3 Å². The van der Waals surface area contributed by atoms with Crippen molar-refractivity contribution in [2.24, 2.45) is 0 Å². The first-order valence-corrected chi connectivity index (χ1v) is 5.50. The molecule has 80 valence electrons. The number of benzene rings is 1. The zero-order chi connectivity index (χ0) is 10.9. The van der Waals surface area contributed by atoms with Crippen molar-refractivity contribution in [3.8, 4) is 6.07 Å². The van der Waals surface area contributed by atoms with E-state index in [1.807, 2.05) is 6.07 Å². The molecule has 0 aliphatic rings. The summed E-state index contributed by atoms with van der Waals surface area (Å²) in [7, 11) is 0. The van der Waals surface area contributed by atoms with Gasteiger partial charge in [0, 0.05) is 6.54 Å². The SMILES string of the molecule is CCCN(CC#N)CCc1ccccc1. The minimum Gasteiger partial charge on any atom is -0.290 e. The van der Waals surface area contributed by atoms with Crippen molar-refractivity contribution in [2.45, 2.75) is 19.8 Å². The summed E-state index contributed by atoms with van der Waals surface area (Å²) in [6, 6.07) is 12.6. The highest BCUT2D eigenvalue weighted by Gasteiger charge is 2.02. The van der Waals surface area contributed by atoms with E-state index in [0.29, 0.717) is 6.54 Å². The first kappa shape index (κ1) is 11.7. The monoisotopic (exact) mass is 202 g/mol. The lowest BCUT2D eigenvalue weighted by atomic mass is 10.1. The number of nitriles is 1. The molecule has 0 bridgehead atoms. The van der Waals surface area contributed by atoms with Crippen molar-refractivity contribution in [2.75, 3.05) is 19.6 Å². The Morgan fingerprint density at radius 1 is 1.20 bits per heavy atom. The third kappa shape index (κ3) is 4.62. The molecule has 15 heavy (non-hydrogen) atoms. The molecule has 2 nitrogen and oxygen atoms in total. The predicted molar refractivity (Wildman–Crippen MR) is 62.5 cm³/mol. The van der Waals surface area contributed by atoms with Gasteiger partial charge in [-0.05, 0) is 24.9 Å². The van der Waals surface area contributed by atoms with Crippen LogP contribution in [0.1, 0.15) is 18.9 Å². The van der Waals surface area contributed by atoms with E-state index in [4.69, 9.17) is 5.26 Å². The maximum Gasteiger partial charge on any atom is 0.0866 e. The van der Waals surface area contributed by atoms with Gasteiger partial charge in [0.15, 0.2) is 0 Å². The Hall–Kier alpha value is -1.33. The molecule has 0 fully saturated rings. The molecule has 0 unspecified atom stereocenters. The molecular weight excluding hydrogens is 184 g/mol. The molecule has 0 amide bonds. The minimum absolute atomic E-state index is 0.542. The fraction of sp³-hybridized carbons (Fsp3) is 0.462. The number of hydrogen-bond donors (Lipinski definition) is 0. The highest BCUT2D eigenvalue weighted by atomic mass is 15.1. The molecule has 0 N–H and O–H groups in total. The molecule has 0 saturated carbocycles. The molecule has 1 aromatic carbocycles. The van der Waals surface area contributed by atoms with E-state index in [-0.39, 0.29) is 0 Å². The van der Waals surface area contributed by atoms with Gasteiger partial charge < -0.3 is 0 Å². The zero-order valence-electron chi connectivity index (χ0n) is 9.32. The van der Waals surface area contributed by atoms with E-state index < -0.39 is 0 Å². The number of hydrogen-bond acceptors (Lipinski definition) is 2. The third-order valence-corrected chi connectivity index (χ3v) is 2.39. The van der Waals surface area contributed by atoms with Gasteiger partial charge in [-0.25, -0.2) is 0 Å². The van der Waals surface area contributed by atoms with Crippen LogP contribution in [0.4, 0.5) is 0 Å². The molecule has 0 atom stereocenters. The number of nitrogens with zero attached hydrogens (tertiary/aromatic N) is 2. The van der Waals surface area contributed by atoms with E-state index in [1.165, 1.54) is 5.56 Å². The Morgan fingerprint density at radius 2 is 1.93 bits per heavy atom. The highest BCUT2D eigenvalue weighted by Crippen LogP contribution is 2.01. The van der Waals surface area contributed by atoms with Crippen molar-refractivity contribution >= 4 is 0 Å². The largest absolute Gasteiger partial charge is 0.290 e. The Kier molecular flexibility index (Phi) is 5.50. The molecule has 0 aliphatic heterocycles. The lowest BCUT2D eigenvalue weighted by Crippen LogP contribution is -2.27. The zero-order valence-corrected chi connectivity index (χ0v) is 9.32. The molecule has 1 aromatic rings. The molecule has 0 spiro atoms. The highest BCUT2D eigenvalue weighted by molar-refractivity contribution is 5.14. The molecule has 0 heterocycles. The van der Waals surface area contributed by atoms with Crippen molar-refractivity contribution in [1.82, 2.24) is 4.90 Å². The van der Waals surface area contributed by atoms with Crippen LogP contribution in [0.5, 0.6) is 0 Å². The Bertz CT molecular complexity index is 300. The molecular formula is C13H18N2. The first-order chi connectivity index (χ1) is 7.36. The Labute approximate surface area is 92.1 Å². The maximum atomic E-state index is 8.67. The molecule has 0 radical (unpaired) electrons. The normalized spacial score (nSPS) is 10.2. The van der Waals surface area contributed by atoms with E-state index in [9.17, 15) is 0 Å². The molecule has 0 saturated heterocycles. The van der Waals surface area contributed by atoms with Gasteiger partial charge in [0.25, 0.3) is 0 Å². The average molecular weight is 202 g/mol. The molecule has 0 aromatic heterocycles. The van der Waals surface area contributed by atoms with Gasteiger partial charge in [-0.3, -0.25) is 4.90 Å². The lowest BCUT2D eigenvalue weighted by Gasteiger charge is -2.17. The van der Waals surface area contributed by atoms with E-state index >= 15 is 0 Å². The van der Waals surface area contributed by atoms with E-state index in [0.717, 1.165) is 25.9 Å². The second kappa shape index (κ2) is 7.03. The Morgan fingerprint density at radius 3 is 2.53 bits per heavy atom. The van der Waals surface area contributed by atoms with E-state index in [2.05, 4.69) is 42.2 Å². The van der Waals surface area contributed by atoms with Gasteiger partial charge in [0.1, 0.15) is 0 Å². The summed E-state index contributed by atoms with van der Waals surface area (Å²) in [4.78, 5) is 2.20. The van der Waals surface area contributed by atoms with E-state index in [1.54, 1.807) is 0 Å². The third-order valence-electron chi connectivity index (χ3n) is 2.39. The summed E-state index contributed by atoms with van der Waals surface area (Å²) in [5, 5.41) is 8.67. The van der Waals surface area contributed by atoms with Crippen LogP contribution in [0.25, 0.3) is 0 Å². The summed E-state index contributed by atoms with van der Waals surface area (Å²) < 4.78 is 0. The lowest BCUT2D eigenvalue weighted by molar-refractivity contribution is 0.310. The van der Waals surface area contributed by atoms with Crippen molar-refractivity contribution in [3.63, 3.8) is 0 Å². The van der Waals surface area contributed by atoms with Gasteiger partial charge >= 0.3 is 0 Å². The van der Waals surface area contributed by atoms with Crippen LogP contribution in [0.2, 0.25) is 0 Å². The van der Waals surface area contributed by atoms with Gasteiger partial charge in [-0.2, -0.15) is 5.26 Å². The molecule has 2 heteroatoms. The summed E-state index contributed by atoms with van der Waals surface area (Å²) in [6.45, 7) is 4.68. The van der Waals surface area contributed by atoms with Crippen LogP contribution in [-0.4, -0.2) is 24.5 Å². The van der Waals surface area contributed by atoms with Crippen LogP contribution in [0.3, 0.4) is 0 Å². The van der Waals surface area contributed by atoms with Gasteiger partial charge in [-0.1, -0.05) is 37.3 Å². The second-order valence-corrected chi connectivity index (χ2v) is 3.67. The van der Waals surface area contributed by atoms with Crippen LogP contribution < -0.4 is 0 Å². The molecule has 0 aliphatic carbocycles. The van der Waals surface area contributed by atoms with Crippen molar-refractivity contribution in [1.29, 1.82) is 5.26 Å². The quantitative estimate of drug-likeness (QED) is 0.663. The fourth-order valence-corrected chi connectivity index (χ4v) is 1.62. The minimum atomic E-state index is 0.542. The first-order valence-electron chi connectivity index (χ1n) is 5.50. The average Bonchev–Trinajstić information content (AvgIpc) is 2.28. The van der Waals surface area contributed by atoms with Crippen LogP contribution in [-0.2, 0) is 6.42 Å². The Balaban J connectivity index is 2.37. The summed E-state index contributed by atoms with van der Waals surface area (Å²) in [5.41, 5.74) is 1.34. The van der Waals surface area contributed by atoms with Gasteiger partial charge in [0.05, 0.1) is 12.6 Å². The predicted octanol–water partition coefficient (Wildman–Crippen LogP) is 2.46. The molecule has 1 rings (SSSR count). The summed E-state index contributed by atoms with van der Waals surface area (Å²) >= 11 is 0. The van der Waals surface area contributed by atoms with Gasteiger partial charge in [-0.15, -0.1) is 0 Å². The standard InChI is InChI=1S/C13H18N2/c1-2-10-15(12-9-14)11-8-13-6-4-3-5-7-13/h3-7H,2,8,10-12H2,1H3. The topological polar surface area (TPSA) is 27.0 Å². The summed E-state index contributed by atoms with van der Waals surface area (Å²) in [5.74, 6) is 0. The van der Waals surface area contributed by atoms with Crippen LogP contribution in [0, 0.1) is 11.3 Å². The fourth-order valence-electron chi connectivity index (χ4n) is 1.62. The van der Waals surface area contributed by atoms with Crippen molar-refractivity contribution < 1.29 is 0 Å². The summed E-state index contributed by atoms with van der Waals surface area (Å²) in [6.07, 6.45) is 2.14.